The van der Waals surface area contributed by atoms with Crippen LogP contribution >= 0.6 is 0 Å². The van der Waals surface area contributed by atoms with E-state index in [0.717, 1.165) is 5.69 Å². The highest BCUT2D eigenvalue weighted by atomic mass is 15.0. The normalized spacial score (nSPS) is 11.6. The fourth-order valence-corrected chi connectivity index (χ4v) is 7.94. The van der Waals surface area contributed by atoms with E-state index in [1.165, 1.54) is 88.2 Å². The minimum Gasteiger partial charge on any atom is -0.309 e. The molecule has 2 nitrogen and oxygen atoms in total. The highest BCUT2D eigenvalue weighted by Crippen LogP contribution is 2.38. The largest absolute Gasteiger partial charge is 0.309 e. The van der Waals surface area contributed by atoms with Gasteiger partial charge in [-0.1, -0.05) is 127 Å². The minimum atomic E-state index is 1.16. The number of rotatable bonds is 5. The fourth-order valence-electron chi connectivity index (χ4n) is 7.94. The molecule has 0 bridgehead atoms. The second-order valence-corrected chi connectivity index (χ2v) is 13.5. The van der Waals surface area contributed by atoms with E-state index in [-0.39, 0.29) is 0 Å². The zero-order chi connectivity index (χ0) is 33.9. The van der Waals surface area contributed by atoms with Crippen molar-refractivity contribution in [3.8, 4) is 44.8 Å². The van der Waals surface area contributed by atoms with Crippen LogP contribution in [0.25, 0.3) is 88.4 Å². The Morgan fingerprint density at radius 3 is 1.29 bits per heavy atom. The summed E-state index contributed by atoms with van der Waals surface area (Å²) in [6, 6.07) is 68.6. The molecule has 0 atom stereocenters. The third-order valence-corrected chi connectivity index (χ3v) is 10.4. The lowest BCUT2D eigenvalue weighted by Crippen LogP contribution is -1.94. The minimum absolute atomic E-state index is 1.16. The van der Waals surface area contributed by atoms with Crippen LogP contribution in [0.3, 0.4) is 0 Å². The second-order valence-electron chi connectivity index (χ2n) is 13.5. The molecule has 2 aromatic heterocycles. The quantitative estimate of drug-likeness (QED) is 0.175. The van der Waals surface area contributed by atoms with Crippen LogP contribution in [0.2, 0.25) is 0 Å². The van der Waals surface area contributed by atoms with Crippen molar-refractivity contribution >= 4 is 43.6 Å². The molecule has 240 valence electrons. The van der Waals surface area contributed by atoms with E-state index in [1.54, 1.807) is 0 Å². The molecule has 0 saturated heterocycles. The third-order valence-electron chi connectivity index (χ3n) is 10.4. The first-order valence-electron chi connectivity index (χ1n) is 17.6. The van der Waals surface area contributed by atoms with Crippen molar-refractivity contribution in [2.24, 2.45) is 0 Å². The maximum Gasteiger partial charge on any atom is 0.0541 e. The number of benzene rings is 8. The summed E-state index contributed by atoms with van der Waals surface area (Å²) < 4.78 is 4.77. The summed E-state index contributed by atoms with van der Waals surface area (Å²) in [4.78, 5) is 0. The third kappa shape index (κ3) is 4.87. The van der Waals surface area contributed by atoms with Gasteiger partial charge >= 0.3 is 0 Å². The molecule has 0 aliphatic rings. The van der Waals surface area contributed by atoms with Gasteiger partial charge in [0.2, 0.25) is 0 Å². The molecule has 0 amide bonds. The van der Waals surface area contributed by atoms with E-state index in [2.05, 4.69) is 204 Å². The first-order valence-corrected chi connectivity index (χ1v) is 17.6. The molecule has 0 spiro atoms. The molecular formula is C49H34N2. The Morgan fingerprint density at radius 2 is 0.706 bits per heavy atom. The summed E-state index contributed by atoms with van der Waals surface area (Å²) in [6.07, 6.45) is 0. The van der Waals surface area contributed by atoms with Crippen LogP contribution in [0.5, 0.6) is 0 Å². The van der Waals surface area contributed by atoms with Crippen LogP contribution in [-0.4, -0.2) is 9.13 Å². The molecule has 10 aromatic rings. The van der Waals surface area contributed by atoms with E-state index in [0.29, 0.717) is 0 Å². The lowest BCUT2D eigenvalue weighted by atomic mass is 9.98. The Morgan fingerprint density at radius 1 is 0.275 bits per heavy atom. The van der Waals surface area contributed by atoms with Gasteiger partial charge in [-0.2, -0.15) is 0 Å². The number of para-hydroxylation sites is 3. The number of nitrogens with zero attached hydrogens (tertiary/aromatic N) is 2. The maximum absolute atomic E-state index is 2.40. The van der Waals surface area contributed by atoms with Gasteiger partial charge in [0.15, 0.2) is 0 Å². The number of fused-ring (bicyclic) bond motifs is 6. The standard InChI is InChI=1S/C49H34N2/c1-33-11-9-12-35(29-33)37-14-10-13-36(30-37)34-21-25-41(26-22-34)51-47-20-8-6-18-43(47)45-32-39(24-28-49(45)51)38-23-27-48-44(31-38)42-17-5-7-19-46(42)50(48)40-15-3-2-4-16-40/h2-32H,1H3. The maximum atomic E-state index is 2.40. The van der Waals surface area contributed by atoms with Crippen molar-refractivity contribution in [2.45, 2.75) is 6.92 Å². The highest BCUT2D eigenvalue weighted by Gasteiger charge is 2.16. The molecule has 2 heteroatoms. The van der Waals surface area contributed by atoms with Crippen LogP contribution in [0.15, 0.2) is 188 Å². The van der Waals surface area contributed by atoms with Crippen LogP contribution < -0.4 is 0 Å². The molecule has 0 N–H and O–H groups in total. The van der Waals surface area contributed by atoms with Crippen molar-refractivity contribution in [1.82, 2.24) is 9.13 Å². The smallest absolute Gasteiger partial charge is 0.0541 e. The van der Waals surface area contributed by atoms with Gasteiger partial charge in [0.05, 0.1) is 22.1 Å². The molecule has 8 aromatic carbocycles. The second kappa shape index (κ2) is 11.8. The SMILES string of the molecule is Cc1cccc(-c2cccc(-c3ccc(-n4c5ccccc5c5cc(-c6ccc7c(c6)c6ccccc6n7-c6ccccc6)ccc54)cc3)c2)c1. The Balaban J connectivity index is 1.06. The molecule has 0 aliphatic heterocycles. The van der Waals surface area contributed by atoms with Gasteiger partial charge in [0, 0.05) is 32.9 Å². The molecule has 0 radical (unpaired) electrons. The Hall–Kier alpha value is -6.64. The molecule has 10 rings (SSSR count). The highest BCUT2D eigenvalue weighted by molar-refractivity contribution is 6.12. The predicted molar refractivity (Wildman–Crippen MR) is 216 cm³/mol. The summed E-state index contributed by atoms with van der Waals surface area (Å²) >= 11 is 0. The number of hydrogen-bond donors (Lipinski definition) is 0. The van der Waals surface area contributed by atoms with Crippen LogP contribution in [0, 0.1) is 6.92 Å². The van der Waals surface area contributed by atoms with Gasteiger partial charge < -0.3 is 9.13 Å². The fraction of sp³-hybridized carbons (Fsp3) is 0.0204. The predicted octanol–water partition coefficient (Wildman–Crippen LogP) is 13.2. The van der Waals surface area contributed by atoms with E-state index in [1.807, 2.05) is 0 Å². The average Bonchev–Trinajstić information content (AvgIpc) is 3.70. The number of hydrogen-bond acceptors (Lipinski definition) is 0. The zero-order valence-electron chi connectivity index (χ0n) is 28.3. The number of aromatic nitrogens is 2. The summed E-state index contributed by atoms with van der Waals surface area (Å²) in [7, 11) is 0. The van der Waals surface area contributed by atoms with E-state index in [9.17, 15) is 0 Å². The van der Waals surface area contributed by atoms with Crippen molar-refractivity contribution in [2.75, 3.05) is 0 Å². The molecule has 0 unspecified atom stereocenters. The summed E-state index contributed by atoms with van der Waals surface area (Å²) in [5.74, 6) is 0. The first kappa shape index (κ1) is 29.3. The van der Waals surface area contributed by atoms with Crippen LogP contribution in [-0.2, 0) is 0 Å². The van der Waals surface area contributed by atoms with Gasteiger partial charge in [0.25, 0.3) is 0 Å². The summed E-state index contributed by atoms with van der Waals surface area (Å²) in [6.45, 7) is 2.15. The molecular weight excluding hydrogens is 617 g/mol. The lowest BCUT2D eigenvalue weighted by molar-refractivity contribution is 1.18. The topological polar surface area (TPSA) is 9.86 Å². The van der Waals surface area contributed by atoms with Gasteiger partial charge in [-0.05, 0) is 107 Å². The monoisotopic (exact) mass is 650 g/mol. The molecule has 0 aliphatic carbocycles. The Bertz CT molecular complexity index is 2910. The summed E-state index contributed by atoms with van der Waals surface area (Å²) in [5.41, 5.74) is 15.8. The van der Waals surface area contributed by atoms with E-state index < -0.39 is 0 Å². The van der Waals surface area contributed by atoms with Crippen LogP contribution in [0.1, 0.15) is 5.56 Å². The van der Waals surface area contributed by atoms with E-state index >= 15 is 0 Å². The Kier molecular flexibility index (Phi) is 6.75. The van der Waals surface area contributed by atoms with Crippen LogP contribution in [0.4, 0.5) is 0 Å². The molecule has 0 saturated carbocycles. The lowest BCUT2D eigenvalue weighted by Gasteiger charge is -2.11. The molecule has 2 heterocycles. The molecule has 0 fully saturated rings. The van der Waals surface area contributed by atoms with Crippen molar-refractivity contribution < 1.29 is 0 Å². The van der Waals surface area contributed by atoms with Gasteiger partial charge in [-0.25, -0.2) is 0 Å². The Labute approximate surface area is 297 Å². The van der Waals surface area contributed by atoms with E-state index in [4.69, 9.17) is 0 Å². The van der Waals surface area contributed by atoms with Gasteiger partial charge in [-0.15, -0.1) is 0 Å². The molecule has 51 heavy (non-hydrogen) atoms. The van der Waals surface area contributed by atoms with Crippen molar-refractivity contribution in [3.05, 3.63) is 194 Å². The van der Waals surface area contributed by atoms with Gasteiger partial charge in [-0.3, -0.25) is 0 Å². The first-order chi connectivity index (χ1) is 25.2. The van der Waals surface area contributed by atoms with Crippen molar-refractivity contribution in [1.29, 1.82) is 0 Å². The van der Waals surface area contributed by atoms with Crippen molar-refractivity contribution in [3.63, 3.8) is 0 Å². The summed E-state index contributed by atoms with van der Waals surface area (Å²) in [5, 5.41) is 5.04. The zero-order valence-corrected chi connectivity index (χ0v) is 28.3. The van der Waals surface area contributed by atoms with Gasteiger partial charge in [0.1, 0.15) is 0 Å². The number of aryl methyl sites for hydroxylation is 1. The average molecular weight is 651 g/mol.